The van der Waals surface area contributed by atoms with Crippen LogP contribution in [0.25, 0.3) is 11.6 Å². The minimum absolute atomic E-state index is 0.269. The zero-order valence-corrected chi connectivity index (χ0v) is 16.9. The van der Waals surface area contributed by atoms with E-state index in [2.05, 4.69) is 6.07 Å². The predicted molar refractivity (Wildman–Crippen MR) is 116 cm³/mol. The topological polar surface area (TPSA) is 68.6 Å². The summed E-state index contributed by atoms with van der Waals surface area (Å²) in [6, 6.07) is 23.1. The standard InChI is InChI=1S/C24H18ClNO4/c1-28-22-7-2-3-8-23(22)29-16-24(27)30-21-6-4-5-17(14-21)13-19(15-26)18-9-11-20(25)12-10-18/h2-14H,16H2,1H3/b19-13-. The predicted octanol–water partition coefficient (Wildman–Crippen LogP) is 5.40. The molecule has 150 valence electrons. The summed E-state index contributed by atoms with van der Waals surface area (Å²) in [6.45, 7) is -0.269. The van der Waals surface area contributed by atoms with Crippen molar-refractivity contribution >= 4 is 29.2 Å². The lowest BCUT2D eigenvalue weighted by molar-refractivity contribution is -0.136. The van der Waals surface area contributed by atoms with Crippen molar-refractivity contribution in [1.82, 2.24) is 0 Å². The van der Waals surface area contributed by atoms with E-state index >= 15 is 0 Å². The number of ether oxygens (including phenoxy) is 3. The molecule has 30 heavy (non-hydrogen) atoms. The van der Waals surface area contributed by atoms with Gasteiger partial charge in [-0.15, -0.1) is 0 Å². The number of para-hydroxylation sites is 2. The van der Waals surface area contributed by atoms with Crippen LogP contribution in [0.1, 0.15) is 11.1 Å². The SMILES string of the molecule is COc1ccccc1OCC(=O)Oc1cccc(/C=C(/C#N)c2ccc(Cl)cc2)c1. The van der Waals surface area contributed by atoms with E-state index in [0.717, 1.165) is 11.1 Å². The Kier molecular flexibility index (Phi) is 7.09. The third kappa shape index (κ3) is 5.63. The highest BCUT2D eigenvalue weighted by atomic mass is 35.5. The van der Waals surface area contributed by atoms with Gasteiger partial charge in [0.1, 0.15) is 5.75 Å². The van der Waals surface area contributed by atoms with Crippen LogP contribution in [0.15, 0.2) is 72.8 Å². The van der Waals surface area contributed by atoms with Crippen LogP contribution in [0.5, 0.6) is 17.2 Å². The van der Waals surface area contributed by atoms with Crippen molar-refractivity contribution in [1.29, 1.82) is 5.26 Å². The molecule has 3 aromatic rings. The fraction of sp³-hybridized carbons (Fsp3) is 0.0833. The highest BCUT2D eigenvalue weighted by Gasteiger charge is 2.10. The molecule has 0 radical (unpaired) electrons. The number of methoxy groups -OCH3 is 1. The van der Waals surface area contributed by atoms with Gasteiger partial charge in [-0.05, 0) is 53.6 Å². The maximum Gasteiger partial charge on any atom is 0.349 e. The molecule has 0 amide bonds. The highest BCUT2D eigenvalue weighted by Crippen LogP contribution is 2.26. The van der Waals surface area contributed by atoms with Crippen molar-refractivity contribution in [2.75, 3.05) is 13.7 Å². The molecule has 0 saturated heterocycles. The molecule has 3 aromatic carbocycles. The number of halogens is 1. The van der Waals surface area contributed by atoms with E-state index in [9.17, 15) is 10.1 Å². The molecule has 0 heterocycles. The number of benzene rings is 3. The lowest BCUT2D eigenvalue weighted by atomic mass is 10.0. The van der Waals surface area contributed by atoms with Crippen LogP contribution in [-0.4, -0.2) is 19.7 Å². The Bertz CT molecular complexity index is 1100. The Hall–Kier alpha value is -3.75. The Morgan fingerprint density at radius 3 is 2.47 bits per heavy atom. The summed E-state index contributed by atoms with van der Waals surface area (Å²) in [5.74, 6) is 0.782. The smallest absolute Gasteiger partial charge is 0.349 e. The van der Waals surface area contributed by atoms with E-state index in [1.165, 1.54) is 7.11 Å². The molecule has 0 unspecified atom stereocenters. The molecule has 5 nitrogen and oxygen atoms in total. The quantitative estimate of drug-likeness (QED) is 0.222. The number of carbonyl (C=O) groups is 1. The number of allylic oxidation sites excluding steroid dienone is 1. The molecular weight excluding hydrogens is 402 g/mol. The van der Waals surface area contributed by atoms with Crippen LogP contribution in [0, 0.1) is 11.3 Å². The van der Waals surface area contributed by atoms with Crippen molar-refractivity contribution in [3.63, 3.8) is 0 Å². The second-order valence-electron chi connectivity index (χ2n) is 6.16. The first kappa shape index (κ1) is 21.0. The Morgan fingerprint density at radius 1 is 1.03 bits per heavy atom. The molecule has 0 spiro atoms. The first-order valence-corrected chi connectivity index (χ1v) is 9.41. The zero-order valence-electron chi connectivity index (χ0n) is 16.2. The third-order valence-electron chi connectivity index (χ3n) is 4.09. The van der Waals surface area contributed by atoms with Gasteiger partial charge in [0.25, 0.3) is 0 Å². The molecule has 0 aliphatic carbocycles. The summed E-state index contributed by atoms with van der Waals surface area (Å²) in [6.07, 6.45) is 1.71. The molecule has 0 aliphatic rings. The van der Waals surface area contributed by atoms with E-state index in [1.807, 2.05) is 12.1 Å². The summed E-state index contributed by atoms with van der Waals surface area (Å²) >= 11 is 5.90. The number of rotatable bonds is 7. The van der Waals surface area contributed by atoms with Gasteiger partial charge < -0.3 is 14.2 Å². The summed E-state index contributed by atoms with van der Waals surface area (Å²) in [7, 11) is 1.53. The number of carbonyl (C=O) groups excluding carboxylic acids is 1. The molecule has 0 fully saturated rings. The van der Waals surface area contributed by atoms with Gasteiger partial charge in [-0.2, -0.15) is 5.26 Å². The minimum Gasteiger partial charge on any atom is -0.493 e. The first-order chi connectivity index (χ1) is 14.6. The molecule has 6 heteroatoms. The van der Waals surface area contributed by atoms with Crippen molar-refractivity contribution < 1.29 is 19.0 Å². The van der Waals surface area contributed by atoms with E-state index < -0.39 is 5.97 Å². The molecular formula is C24H18ClNO4. The van der Waals surface area contributed by atoms with Crippen LogP contribution in [-0.2, 0) is 4.79 Å². The molecule has 0 saturated carbocycles. The summed E-state index contributed by atoms with van der Waals surface area (Å²) in [4.78, 5) is 12.2. The van der Waals surface area contributed by atoms with E-state index in [1.54, 1.807) is 66.7 Å². The minimum atomic E-state index is -0.555. The molecule has 3 rings (SSSR count). The number of nitrogens with zero attached hydrogens (tertiary/aromatic N) is 1. The fourth-order valence-electron chi connectivity index (χ4n) is 2.68. The zero-order chi connectivity index (χ0) is 21.3. The van der Waals surface area contributed by atoms with Crippen LogP contribution in [0.4, 0.5) is 0 Å². The van der Waals surface area contributed by atoms with E-state index in [-0.39, 0.29) is 6.61 Å². The van der Waals surface area contributed by atoms with Gasteiger partial charge in [0.05, 0.1) is 18.8 Å². The second kappa shape index (κ2) is 10.1. The number of esters is 1. The maximum absolute atomic E-state index is 12.2. The summed E-state index contributed by atoms with van der Waals surface area (Å²) in [5, 5.41) is 10.1. The van der Waals surface area contributed by atoms with Gasteiger partial charge >= 0.3 is 5.97 Å². The van der Waals surface area contributed by atoms with Crippen molar-refractivity contribution in [2.24, 2.45) is 0 Å². The normalized spacial score (nSPS) is 10.8. The monoisotopic (exact) mass is 419 g/mol. The van der Waals surface area contributed by atoms with Gasteiger partial charge in [-0.1, -0.05) is 48.0 Å². The Morgan fingerprint density at radius 2 is 1.77 bits per heavy atom. The van der Waals surface area contributed by atoms with Crippen molar-refractivity contribution in [2.45, 2.75) is 0 Å². The number of nitriles is 1. The lowest BCUT2D eigenvalue weighted by Crippen LogP contribution is -2.17. The van der Waals surface area contributed by atoms with Crippen molar-refractivity contribution in [3.8, 4) is 23.3 Å². The Labute approximate surface area is 179 Å². The second-order valence-corrected chi connectivity index (χ2v) is 6.60. The Balaban J connectivity index is 1.68. The van der Waals surface area contributed by atoms with Crippen LogP contribution in [0.2, 0.25) is 5.02 Å². The fourth-order valence-corrected chi connectivity index (χ4v) is 2.81. The van der Waals surface area contributed by atoms with Crippen LogP contribution < -0.4 is 14.2 Å². The van der Waals surface area contributed by atoms with Gasteiger partial charge in [-0.3, -0.25) is 0 Å². The number of hydrogen-bond donors (Lipinski definition) is 0. The highest BCUT2D eigenvalue weighted by molar-refractivity contribution is 6.30. The summed E-state index contributed by atoms with van der Waals surface area (Å²) in [5.41, 5.74) is 1.93. The average molecular weight is 420 g/mol. The molecule has 0 aromatic heterocycles. The molecule has 0 bridgehead atoms. The van der Waals surface area contributed by atoms with Crippen LogP contribution >= 0.6 is 11.6 Å². The first-order valence-electron chi connectivity index (χ1n) is 9.03. The van der Waals surface area contributed by atoms with Crippen molar-refractivity contribution in [3.05, 3.63) is 88.9 Å². The summed E-state index contributed by atoms with van der Waals surface area (Å²) < 4.78 is 16.0. The van der Waals surface area contributed by atoms with Gasteiger partial charge in [0.15, 0.2) is 18.1 Å². The van der Waals surface area contributed by atoms with Gasteiger partial charge in [0, 0.05) is 5.02 Å². The van der Waals surface area contributed by atoms with Gasteiger partial charge in [0.2, 0.25) is 0 Å². The molecule has 0 N–H and O–H groups in total. The van der Waals surface area contributed by atoms with E-state index in [0.29, 0.717) is 27.8 Å². The van der Waals surface area contributed by atoms with Gasteiger partial charge in [-0.25, -0.2) is 4.79 Å². The average Bonchev–Trinajstić information content (AvgIpc) is 2.77. The largest absolute Gasteiger partial charge is 0.493 e. The van der Waals surface area contributed by atoms with E-state index in [4.69, 9.17) is 25.8 Å². The van der Waals surface area contributed by atoms with Crippen LogP contribution in [0.3, 0.4) is 0 Å². The molecule has 0 aliphatic heterocycles. The third-order valence-corrected chi connectivity index (χ3v) is 4.34. The molecule has 0 atom stereocenters. The maximum atomic E-state index is 12.2. The lowest BCUT2D eigenvalue weighted by Gasteiger charge is -2.10. The number of hydrogen-bond acceptors (Lipinski definition) is 5.